The number of carbonyl (C=O) groups excluding carboxylic acids is 3. The van der Waals surface area contributed by atoms with Crippen LogP contribution in [0.2, 0.25) is 0 Å². The summed E-state index contributed by atoms with van der Waals surface area (Å²) in [6, 6.07) is 17.2. The molecule has 1 unspecified atom stereocenters. The zero-order valence-corrected chi connectivity index (χ0v) is 18.8. The Morgan fingerprint density at radius 3 is 2.30 bits per heavy atom. The standard InChI is InChI=1S/C26H27N3O4/c1-3-28(4-2)25(31)18-11-13-21(14-12-18)27-24(30)22-16-19-8-5-6-9-20(19)17-29(22)26(32)23-10-7-15-33-23/h5-15,22H,3-4,16-17H2,1-2H3,(H,27,30). The predicted molar refractivity (Wildman–Crippen MR) is 125 cm³/mol. The lowest BCUT2D eigenvalue weighted by Crippen LogP contribution is -2.50. The Morgan fingerprint density at radius 1 is 0.970 bits per heavy atom. The van der Waals surface area contributed by atoms with Crippen LogP contribution in [-0.4, -0.2) is 46.7 Å². The number of fused-ring (bicyclic) bond motifs is 1. The van der Waals surface area contributed by atoms with Gasteiger partial charge in [-0.3, -0.25) is 14.4 Å². The van der Waals surface area contributed by atoms with E-state index in [1.54, 1.807) is 46.2 Å². The molecule has 0 saturated heterocycles. The number of anilines is 1. The molecule has 0 bridgehead atoms. The summed E-state index contributed by atoms with van der Waals surface area (Å²) in [6.45, 7) is 5.47. The van der Waals surface area contributed by atoms with E-state index in [2.05, 4.69) is 5.32 Å². The smallest absolute Gasteiger partial charge is 0.290 e. The number of amides is 3. The number of hydrogen-bond acceptors (Lipinski definition) is 4. The zero-order chi connectivity index (χ0) is 23.4. The van der Waals surface area contributed by atoms with E-state index in [0.29, 0.717) is 37.3 Å². The van der Waals surface area contributed by atoms with Crippen molar-refractivity contribution in [3.05, 3.63) is 89.4 Å². The van der Waals surface area contributed by atoms with E-state index in [4.69, 9.17) is 4.42 Å². The van der Waals surface area contributed by atoms with Crippen molar-refractivity contribution in [2.45, 2.75) is 32.9 Å². The fraction of sp³-hybridized carbons (Fsp3) is 0.269. The van der Waals surface area contributed by atoms with E-state index >= 15 is 0 Å². The Kier molecular flexibility index (Phi) is 6.58. The summed E-state index contributed by atoms with van der Waals surface area (Å²) in [5.41, 5.74) is 3.19. The monoisotopic (exact) mass is 445 g/mol. The maximum Gasteiger partial charge on any atom is 0.290 e. The normalized spacial score (nSPS) is 15.0. The fourth-order valence-corrected chi connectivity index (χ4v) is 4.13. The summed E-state index contributed by atoms with van der Waals surface area (Å²) >= 11 is 0. The minimum atomic E-state index is -0.686. The van der Waals surface area contributed by atoms with E-state index in [1.807, 2.05) is 38.1 Å². The van der Waals surface area contributed by atoms with Crippen molar-refractivity contribution in [3.8, 4) is 0 Å². The van der Waals surface area contributed by atoms with Crippen molar-refractivity contribution in [2.24, 2.45) is 0 Å². The van der Waals surface area contributed by atoms with Gasteiger partial charge in [0.2, 0.25) is 5.91 Å². The second-order valence-electron chi connectivity index (χ2n) is 7.94. The number of carbonyl (C=O) groups is 3. The van der Waals surface area contributed by atoms with Gasteiger partial charge in [0, 0.05) is 37.3 Å². The minimum absolute atomic E-state index is 0.0445. The molecule has 0 spiro atoms. The highest BCUT2D eigenvalue weighted by atomic mass is 16.3. The first-order chi connectivity index (χ1) is 16.0. The first kappa shape index (κ1) is 22.3. The van der Waals surface area contributed by atoms with Gasteiger partial charge >= 0.3 is 0 Å². The predicted octanol–water partition coefficient (Wildman–Crippen LogP) is 3.97. The Morgan fingerprint density at radius 2 is 1.67 bits per heavy atom. The van der Waals surface area contributed by atoms with Gasteiger partial charge in [-0.1, -0.05) is 24.3 Å². The Labute approximate surface area is 193 Å². The van der Waals surface area contributed by atoms with Crippen molar-refractivity contribution >= 4 is 23.4 Å². The lowest BCUT2D eigenvalue weighted by molar-refractivity contribution is -0.121. The molecule has 2 aromatic carbocycles. The van der Waals surface area contributed by atoms with Crippen molar-refractivity contribution in [2.75, 3.05) is 18.4 Å². The second kappa shape index (κ2) is 9.73. The third kappa shape index (κ3) is 4.67. The third-order valence-electron chi connectivity index (χ3n) is 5.99. The van der Waals surface area contributed by atoms with Crippen LogP contribution in [0.5, 0.6) is 0 Å². The molecule has 1 aliphatic rings. The average molecular weight is 446 g/mol. The summed E-state index contributed by atoms with van der Waals surface area (Å²) in [6.07, 6.45) is 1.86. The molecule has 2 heterocycles. The highest BCUT2D eigenvalue weighted by Crippen LogP contribution is 2.26. The van der Waals surface area contributed by atoms with Gasteiger partial charge < -0.3 is 19.5 Å². The van der Waals surface area contributed by atoms with Crippen LogP contribution in [0.25, 0.3) is 0 Å². The van der Waals surface area contributed by atoms with Gasteiger partial charge in [0.1, 0.15) is 6.04 Å². The van der Waals surface area contributed by atoms with E-state index in [0.717, 1.165) is 11.1 Å². The van der Waals surface area contributed by atoms with Gasteiger partial charge in [0.25, 0.3) is 11.8 Å². The molecule has 1 N–H and O–H groups in total. The van der Waals surface area contributed by atoms with Crippen LogP contribution in [0, 0.1) is 0 Å². The Bertz CT molecular complexity index is 1130. The third-order valence-corrected chi connectivity index (χ3v) is 5.99. The Balaban J connectivity index is 1.54. The van der Waals surface area contributed by atoms with Gasteiger partial charge in [-0.2, -0.15) is 0 Å². The molecule has 0 saturated carbocycles. The Hall–Kier alpha value is -3.87. The maximum atomic E-state index is 13.3. The number of nitrogens with one attached hydrogen (secondary N) is 1. The summed E-state index contributed by atoms with van der Waals surface area (Å²) in [4.78, 5) is 42.2. The van der Waals surface area contributed by atoms with Crippen molar-refractivity contribution in [1.82, 2.24) is 9.80 Å². The molecule has 7 heteroatoms. The topological polar surface area (TPSA) is 82.9 Å². The van der Waals surface area contributed by atoms with Gasteiger partial charge in [-0.25, -0.2) is 0 Å². The number of furan rings is 1. The van der Waals surface area contributed by atoms with Crippen LogP contribution in [0.3, 0.4) is 0 Å². The molecule has 3 amide bonds. The fourth-order valence-electron chi connectivity index (χ4n) is 4.13. The number of nitrogens with zero attached hydrogens (tertiary/aromatic N) is 2. The largest absolute Gasteiger partial charge is 0.459 e. The molecule has 0 aliphatic carbocycles. The van der Waals surface area contributed by atoms with Crippen LogP contribution < -0.4 is 5.32 Å². The SMILES string of the molecule is CCN(CC)C(=O)c1ccc(NC(=O)C2Cc3ccccc3CN2C(=O)c2ccco2)cc1. The number of hydrogen-bond donors (Lipinski definition) is 1. The summed E-state index contributed by atoms with van der Waals surface area (Å²) < 4.78 is 5.30. The second-order valence-corrected chi connectivity index (χ2v) is 7.94. The number of benzene rings is 2. The maximum absolute atomic E-state index is 13.3. The molecule has 4 rings (SSSR count). The van der Waals surface area contributed by atoms with Crippen LogP contribution in [-0.2, 0) is 17.8 Å². The summed E-state index contributed by atoms with van der Waals surface area (Å²) in [5, 5.41) is 2.91. The molecule has 7 nitrogen and oxygen atoms in total. The summed E-state index contributed by atoms with van der Waals surface area (Å²) in [5.74, 6) is -0.453. The molecule has 33 heavy (non-hydrogen) atoms. The highest BCUT2D eigenvalue weighted by molar-refractivity contribution is 6.01. The van der Waals surface area contributed by atoms with E-state index < -0.39 is 6.04 Å². The lowest BCUT2D eigenvalue weighted by atomic mass is 9.93. The zero-order valence-electron chi connectivity index (χ0n) is 18.8. The molecule has 1 atom stereocenters. The quantitative estimate of drug-likeness (QED) is 0.622. The van der Waals surface area contributed by atoms with Crippen LogP contribution in [0.1, 0.15) is 45.9 Å². The lowest BCUT2D eigenvalue weighted by Gasteiger charge is -2.35. The first-order valence-electron chi connectivity index (χ1n) is 11.1. The molecule has 1 aromatic heterocycles. The van der Waals surface area contributed by atoms with Gasteiger partial charge in [0.15, 0.2) is 5.76 Å². The van der Waals surface area contributed by atoms with Crippen LogP contribution in [0.15, 0.2) is 71.3 Å². The summed E-state index contributed by atoms with van der Waals surface area (Å²) in [7, 11) is 0. The molecule has 170 valence electrons. The van der Waals surface area contributed by atoms with Gasteiger partial charge in [-0.05, 0) is 61.4 Å². The van der Waals surface area contributed by atoms with Crippen LogP contribution >= 0.6 is 0 Å². The molecular formula is C26H27N3O4. The van der Waals surface area contributed by atoms with Crippen molar-refractivity contribution in [3.63, 3.8) is 0 Å². The van der Waals surface area contributed by atoms with Crippen molar-refractivity contribution < 1.29 is 18.8 Å². The molecule has 0 fully saturated rings. The molecule has 3 aromatic rings. The van der Waals surface area contributed by atoms with Gasteiger partial charge in [0.05, 0.1) is 6.26 Å². The molecule has 0 radical (unpaired) electrons. The average Bonchev–Trinajstić information content (AvgIpc) is 3.39. The van der Waals surface area contributed by atoms with Gasteiger partial charge in [-0.15, -0.1) is 0 Å². The minimum Gasteiger partial charge on any atom is -0.459 e. The molecule has 1 aliphatic heterocycles. The molecular weight excluding hydrogens is 418 g/mol. The number of rotatable bonds is 6. The van der Waals surface area contributed by atoms with E-state index in [-0.39, 0.29) is 23.5 Å². The van der Waals surface area contributed by atoms with Crippen LogP contribution in [0.4, 0.5) is 5.69 Å². The first-order valence-corrected chi connectivity index (χ1v) is 11.1. The van der Waals surface area contributed by atoms with Crippen molar-refractivity contribution in [1.29, 1.82) is 0 Å². The van der Waals surface area contributed by atoms with E-state index in [1.165, 1.54) is 6.26 Å². The van der Waals surface area contributed by atoms with E-state index in [9.17, 15) is 14.4 Å². The highest BCUT2D eigenvalue weighted by Gasteiger charge is 2.36.